The third kappa shape index (κ3) is 6.17. The van der Waals surface area contributed by atoms with E-state index in [1.54, 1.807) is 0 Å². The molecular formula is C24H29N3O3. The molecule has 0 radical (unpaired) electrons. The maximum atomic E-state index is 12.2. The summed E-state index contributed by atoms with van der Waals surface area (Å²) in [6, 6.07) is 17.8. The number of amides is 1. The van der Waals surface area contributed by atoms with E-state index in [1.165, 1.54) is 0 Å². The summed E-state index contributed by atoms with van der Waals surface area (Å²) in [5.74, 6) is 0.604. The first-order valence-electron chi connectivity index (χ1n) is 10.5. The number of nitrogens with zero attached hydrogens (tertiary/aromatic N) is 2. The molecule has 6 heteroatoms. The summed E-state index contributed by atoms with van der Waals surface area (Å²) < 4.78 is 7.22. The number of carbonyl (C=O) groups excluding carboxylic acids is 2. The van der Waals surface area contributed by atoms with Gasteiger partial charge in [-0.05, 0) is 44.4 Å². The maximum Gasteiger partial charge on any atom is 0.326 e. The fourth-order valence-corrected chi connectivity index (χ4v) is 3.39. The van der Waals surface area contributed by atoms with Crippen molar-refractivity contribution in [2.24, 2.45) is 0 Å². The highest BCUT2D eigenvalue weighted by atomic mass is 16.5. The Bertz CT molecular complexity index is 980. The molecule has 0 aliphatic carbocycles. The molecule has 0 saturated heterocycles. The SMILES string of the molecule is CC(C)OC(=O)Cn1c(CCCNC(=O)CCc2ccccc2)nc2ccccc21. The van der Waals surface area contributed by atoms with Crippen molar-refractivity contribution in [1.29, 1.82) is 0 Å². The summed E-state index contributed by atoms with van der Waals surface area (Å²) in [7, 11) is 0. The Hall–Kier alpha value is -3.15. The Morgan fingerprint density at radius 2 is 1.77 bits per heavy atom. The van der Waals surface area contributed by atoms with Crippen molar-refractivity contribution in [3.05, 3.63) is 66.0 Å². The zero-order valence-electron chi connectivity index (χ0n) is 17.6. The van der Waals surface area contributed by atoms with Crippen molar-refractivity contribution in [1.82, 2.24) is 14.9 Å². The van der Waals surface area contributed by atoms with E-state index in [9.17, 15) is 9.59 Å². The number of nitrogens with one attached hydrogen (secondary N) is 1. The molecule has 0 spiro atoms. The van der Waals surface area contributed by atoms with Crippen LogP contribution in [0.15, 0.2) is 54.6 Å². The lowest BCUT2D eigenvalue weighted by atomic mass is 10.1. The topological polar surface area (TPSA) is 73.2 Å². The molecule has 1 aromatic heterocycles. The van der Waals surface area contributed by atoms with Crippen LogP contribution in [-0.4, -0.2) is 34.1 Å². The van der Waals surface area contributed by atoms with Gasteiger partial charge >= 0.3 is 5.97 Å². The lowest BCUT2D eigenvalue weighted by Crippen LogP contribution is -2.25. The molecule has 1 N–H and O–H groups in total. The van der Waals surface area contributed by atoms with Crippen LogP contribution in [0.25, 0.3) is 11.0 Å². The van der Waals surface area contributed by atoms with Gasteiger partial charge in [-0.1, -0.05) is 42.5 Å². The molecule has 3 aromatic rings. The number of aromatic nitrogens is 2. The van der Waals surface area contributed by atoms with Crippen molar-refractivity contribution in [3.8, 4) is 0 Å². The van der Waals surface area contributed by atoms with E-state index in [-0.39, 0.29) is 24.5 Å². The van der Waals surface area contributed by atoms with Crippen LogP contribution in [0.1, 0.15) is 38.1 Å². The highest BCUT2D eigenvalue weighted by Gasteiger charge is 2.15. The van der Waals surface area contributed by atoms with Gasteiger partial charge in [-0.25, -0.2) is 4.98 Å². The average molecular weight is 408 g/mol. The molecule has 0 unspecified atom stereocenters. The summed E-state index contributed by atoms with van der Waals surface area (Å²) >= 11 is 0. The predicted molar refractivity (Wildman–Crippen MR) is 117 cm³/mol. The van der Waals surface area contributed by atoms with Crippen molar-refractivity contribution in [3.63, 3.8) is 0 Å². The third-order valence-corrected chi connectivity index (χ3v) is 4.77. The van der Waals surface area contributed by atoms with E-state index in [0.29, 0.717) is 19.4 Å². The van der Waals surface area contributed by atoms with Crippen LogP contribution in [0.3, 0.4) is 0 Å². The number of para-hydroxylation sites is 2. The Labute approximate surface area is 177 Å². The molecule has 158 valence electrons. The monoisotopic (exact) mass is 407 g/mol. The number of ether oxygens (including phenoxy) is 1. The Morgan fingerprint density at radius 1 is 1.03 bits per heavy atom. The smallest absolute Gasteiger partial charge is 0.326 e. The highest BCUT2D eigenvalue weighted by molar-refractivity contribution is 5.79. The number of rotatable bonds is 10. The molecule has 0 aliphatic heterocycles. The largest absolute Gasteiger partial charge is 0.462 e. The van der Waals surface area contributed by atoms with Crippen LogP contribution >= 0.6 is 0 Å². The molecular weight excluding hydrogens is 378 g/mol. The minimum atomic E-state index is -0.274. The zero-order chi connectivity index (χ0) is 21.3. The van der Waals surface area contributed by atoms with Crippen LogP contribution in [0.4, 0.5) is 0 Å². The molecule has 0 aliphatic rings. The second-order valence-corrected chi connectivity index (χ2v) is 7.58. The van der Waals surface area contributed by atoms with E-state index in [4.69, 9.17) is 4.74 Å². The lowest BCUT2D eigenvalue weighted by Gasteiger charge is -2.11. The average Bonchev–Trinajstić information content (AvgIpc) is 3.07. The van der Waals surface area contributed by atoms with Crippen LogP contribution in [0.2, 0.25) is 0 Å². The number of aryl methyl sites for hydroxylation is 2. The van der Waals surface area contributed by atoms with Gasteiger partial charge < -0.3 is 14.6 Å². The van der Waals surface area contributed by atoms with Crippen molar-refractivity contribution < 1.29 is 14.3 Å². The second kappa shape index (κ2) is 10.6. The zero-order valence-corrected chi connectivity index (χ0v) is 17.6. The third-order valence-electron chi connectivity index (χ3n) is 4.77. The number of hydrogen-bond donors (Lipinski definition) is 1. The quantitative estimate of drug-likeness (QED) is 0.411. The molecule has 30 heavy (non-hydrogen) atoms. The number of fused-ring (bicyclic) bond motifs is 1. The molecule has 2 aromatic carbocycles. The van der Waals surface area contributed by atoms with Gasteiger partial charge in [-0.3, -0.25) is 9.59 Å². The fraction of sp³-hybridized carbons (Fsp3) is 0.375. The van der Waals surface area contributed by atoms with Gasteiger partial charge in [0.1, 0.15) is 12.4 Å². The van der Waals surface area contributed by atoms with Gasteiger partial charge in [0.05, 0.1) is 17.1 Å². The molecule has 6 nitrogen and oxygen atoms in total. The van der Waals surface area contributed by atoms with Crippen LogP contribution < -0.4 is 5.32 Å². The van der Waals surface area contributed by atoms with Crippen LogP contribution in [-0.2, 0) is 33.7 Å². The first-order chi connectivity index (χ1) is 14.5. The number of imidazole rings is 1. The molecule has 3 rings (SSSR count). The van der Waals surface area contributed by atoms with Gasteiger partial charge in [0.2, 0.25) is 5.91 Å². The Morgan fingerprint density at radius 3 is 2.53 bits per heavy atom. The standard InChI is InChI=1S/C24H29N3O3/c1-18(2)30-24(29)17-27-21-12-7-6-11-20(21)26-22(27)13-8-16-25-23(28)15-14-19-9-4-3-5-10-19/h3-7,9-12,18H,8,13-17H2,1-2H3,(H,25,28). The molecule has 0 fully saturated rings. The molecule has 0 saturated carbocycles. The summed E-state index contributed by atoms with van der Waals surface area (Å²) in [6.45, 7) is 4.39. The summed E-state index contributed by atoms with van der Waals surface area (Å²) in [6.07, 6.45) is 2.48. The summed E-state index contributed by atoms with van der Waals surface area (Å²) in [4.78, 5) is 29.0. The van der Waals surface area contributed by atoms with Gasteiger partial charge in [-0.2, -0.15) is 0 Å². The number of benzene rings is 2. The lowest BCUT2D eigenvalue weighted by molar-refractivity contribution is -0.148. The maximum absolute atomic E-state index is 12.2. The van der Waals surface area contributed by atoms with Gasteiger partial charge in [0.15, 0.2) is 0 Å². The summed E-state index contributed by atoms with van der Waals surface area (Å²) in [5.41, 5.74) is 2.94. The fourth-order valence-electron chi connectivity index (χ4n) is 3.39. The van der Waals surface area contributed by atoms with E-state index in [1.807, 2.05) is 73.0 Å². The van der Waals surface area contributed by atoms with E-state index < -0.39 is 0 Å². The second-order valence-electron chi connectivity index (χ2n) is 7.58. The van der Waals surface area contributed by atoms with Gasteiger partial charge in [0, 0.05) is 19.4 Å². The van der Waals surface area contributed by atoms with E-state index >= 15 is 0 Å². The van der Waals surface area contributed by atoms with Crippen molar-refractivity contribution >= 4 is 22.9 Å². The highest BCUT2D eigenvalue weighted by Crippen LogP contribution is 2.17. The minimum Gasteiger partial charge on any atom is -0.462 e. The van der Waals surface area contributed by atoms with Crippen LogP contribution in [0, 0.1) is 0 Å². The van der Waals surface area contributed by atoms with E-state index in [2.05, 4.69) is 10.3 Å². The van der Waals surface area contributed by atoms with E-state index in [0.717, 1.165) is 35.3 Å². The molecule has 0 atom stereocenters. The molecule has 1 heterocycles. The normalized spacial score (nSPS) is 11.0. The summed E-state index contributed by atoms with van der Waals surface area (Å²) in [5, 5.41) is 2.98. The number of carbonyl (C=O) groups is 2. The molecule has 1 amide bonds. The van der Waals surface area contributed by atoms with Gasteiger partial charge in [0.25, 0.3) is 0 Å². The Balaban J connectivity index is 1.53. The predicted octanol–water partition coefficient (Wildman–Crippen LogP) is 3.67. The number of esters is 1. The first kappa shape index (κ1) is 21.6. The van der Waals surface area contributed by atoms with Crippen LogP contribution in [0.5, 0.6) is 0 Å². The van der Waals surface area contributed by atoms with Crippen molar-refractivity contribution in [2.45, 2.75) is 52.2 Å². The molecule has 0 bridgehead atoms. The minimum absolute atomic E-state index is 0.0490. The number of hydrogen-bond acceptors (Lipinski definition) is 4. The Kier molecular flexibility index (Phi) is 7.60. The first-order valence-corrected chi connectivity index (χ1v) is 10.5. The van der Waals surface area contributed by atoms with Gasteiger partial charge in [-0.15, -0.1) is 0 Å². The van der Waals surface area contributed by atoms with Crippen molar-refractivity contribution in [2.75, 3.05) is 6.54 Å².